The molecule has 0 bridgehead atoms. The SMILES string of the molecule is CSC1(CNC(=O)c2cccc(C(N)=S)c2)CCC1. The lowest BCUT2D eigenvalue weighted by atomic mass is 9.84. The van der Waals surface area contributed by atoms with E-state index in [1.54, 1.807) is 18.2 Å². The first-order valence-electron chi connectivity index (χ1n) is 6.29. The van der Waals surface area contributed by atoms with Gasteiger partial charge >= 0.3 is 0 Å². The normalized spacial score (nSPS) is 16.5. The van der Waals surface area contributed by atoms with Gasteiger partial charge in [0.15, 0.2) is 0 Å². The van der Waals surface area contributed by atoms with Crippen LogP contribution in [0, 0.1) is 0 Å². The van der Waals surface area contributed by atoms with Gasteiger partial charge in [0.2, 0.25) is 0 Å². The van der Waals surface area contributed by atoms with Crippen LogP contribution in [-0.2, 0) is 0 Å². The Labute approximate surface area is 123 Å². The molecule has 2 rings (SSSR count). The van der Waals surface area contributed by atoms with Crippen LogP contribution < -0.4 is 11.1 Å². The van der Waals surface area contributed by atoms with Gasteiger partial charge in [-0.05, 0) is 31.2 Å². The molecule has 1 fully saturated rings. The Morgan fingerprint density at radius 1 is 1.47 bits per heavy atom. The summed E-state index contributed by atoms with van der Waals surface area (Å²) in [6.07, 6.45) is 5.73. The smallest absolute Gasteiger partial charge is 0.251 e. The number of benzene rings is 1. The molecule has 1 aliphatic rings. The fourth-order valence-electron chi connectivity index (χ4n) is 2.18. The maximum absolute atomic E-state index is 12.1. The first-order valence-corrected chi connectivity index (χ1v) is 7.93. The minimum Gasteiger partial charge on any atom is -0.389 e. The molecule has 1 amide bonds. The van der Waals surface area contributed by atoms with Crippen molar-refractivity contribution in [3.05, 3.63) is 35.4 Å². The van der Waals surface area contributed by atoms with Crippen LogP contribution in [0.2, 0.25) is 0 Å². The Morgan fingerprint density at radius 2 is 2.16 bits per heavy atom. The van der Waals surface area contributed by atoms with E-state index in [9.17, 15) is 4.79 Å². The summed E-state index contributed by atoms with van der Waals surface area (Å²) >= 11 is 6.77. The van der Waals surface area contributed by atoms with Gasteiger partial charge in [0, 0.05) is 22.4 Å². The van der Waals surface area contributed by atoms with E-state index in [1.165, 1.54) is 19.3 Å². The fourth-order valence-corrected chi connectivity index (χ4v) is 3.22. The lowest BCUT2D eigenvalue weighted by molar-refractivity contribution is 0.0944. The Morgan fingerprint density at radius 3 is 2.68 bits per heavy atom. The predicted octanol–water partition coefficient (Wildman–Crippen LogP) is 2.34. The highest BCUT2D eigenvalue weighted by molar-refractivity contribution is 8.00. The van der Waals surface area contributed by atoms with E-state index in [0.717, 1.165) is 12.1 Å². The number of hydrogen-bond acceptors (Lipinski definition) is 3. The van der Waals surface area contributed by atoms with Crippen LogP contribution in [0.5, 0.6) is 0 Å². The Bertz CT molecular complexity index is 492. The third-order valence-corrected chi connectivity index (χ3v) is 5.33. The molecule has 0 aromatic heterocycles. The summed E-state index contributed by atoms with van der Waals surface area (Å²) < 4.78 is 0.246. The van der Waals surface area contributed by atoms with Crippen molar-refractivity contribution in [1.82, 2.24) is 5.32 Å². The van der Waals surface area contributed by atoms with Gasteiger partial charge in [-0.2, -0.15) is 11.8 Å². The summed E-state index contributed by atoms with van der Waals surface area (Å²) in [5, 5.41) is 3.01. The molecule has 0 heterocycles. The van der Waals surface area contributed by atoms with E-state index in [4.69, 9.17) is 18.0 Å². The maximum Gasteiger partial charge on any atom is 0.251 e. The molecule has 0 unspecified atom stereocenters. The Balaban J connectivity index is 2.00. The van der Waals surface area contributed by atoms with Crippen LogP contribution in [0.25, 0.3) is 0 Å². The second-order valence-electron chi connectivity index (χ2n) is 4.87. The van der Waals surface area contributed by atoms with Gasteiger partial charge in [-0.15, -0.1) is 0 Å². The quantitative estimate of drug-likeness (QED) is 0.819. The van der Waals surface area contributed by atoms with Crippen molar-refractivity contribution in [2.75, 3.05) is 12.8 Å². The molecule has 1 aliphatic carbocycles. The number of thioether (sulfide) groups is 1. The van der Waals surface area contributed by atoms with E-state index >= 15 is 0 Å². The maximum atomic E-state index is 12.1. The summed E-state index contributed by atoms with van der Waals surface area (Å²) in [6.45, 7) is 0.726. The highest BCUT2D eigenvalue weighted by Crippen LogP contribution is 2.42. The van der Waals surface area contributed by atoms with Crippen molar-refractivity contribution >= 4 is 34.9 Å². The summed E-state index contributed by atoms with van der Waals surface area (Å²) in [4.78, 5) is 12.4. The van der Waals surface area contributed by atoms with Gasteiger partial charge < -0.3 is 11.1 Å². The zero-order chi connectivity index (χ0) is 13.9. The van der Waals surface area contributed by atoms with Crippen LogP contribution in [0.3, 0.4) is 0 Å². The molecule has 5 heteroatoms. The number of nitrogens with two attached hydrogens (primary N) is 1. The summed E-state index contributed by atoms with van der Waals surface area (Å²) in [6, 6.07) is 7.14. The zero-order valence-corrected chi connectivity index (χ0v) is 12.6. The van der Waals surface area contributed by atoms with Crippen LogP contribution in [0.4, 0.5) is 0 Å². The molecular weight excluding hydrogens is 276 g/mol. The summed E-state index contributed by atoms with van der Waals surface area (Å²) in [5.74, 6) is -0.0570. The van der Waals surface area contributed by atoms with Crippen molar-refractivity contribution in [2.24, 2.45) is 5.73 Å². The fraction of sp³-hybridized carbons (Fsp3) is 0.429. The van der Waals surface area contributed by atoms with Crippen molar-refractivity contribution in [1.29, 1.82) is 0 Å². The third-order valence-electron chi connectivity index (χ3n) is 3.68. The number of hydrogen-bond donors (Lipinski definition) is 2. The molecule has 1 aromatic rings. The molecule has 0 radical (unpaired) electrons. The molecule has 0 saturated heterocycles. The molecule has 0 atom stereocenters. The summed E-state index contributed by atoms with van der Waals surface area (Å²) in [5.41, 5.74) is 6.91. The van der Waals surface area contributed by atoms with E-state index < -0.39 is 0 Å². The van der Waals surface area contributed by atoms with E-state index in [2.05, 4.69) is 11.6 Å². The lowest BCUT2D eigenvalue weighted by Crippen LogP contribution is -2.45. The zero-order valence-electron chi connectivity index (χ0n) is 10.9. The monoisotopic (exact) mass is 294 g/mol. The van der Waals surface area contributed by atoms with Crippen molar-refractivity contribution in [3.63, 3.8) is 0 Å². The highest BCUT2D eigenvalue weighted by atomic mass is 32.2. The van der Waals surface area contributed by atoms with Gasteiger partial charge in [-0.25, -0.2) is 0 Å². The molecular formula is C14H18N2OS2. The van der Waals surface area contributed by atoms with Crippen molar-refractivity contribution < 1.29 is 4.79 Å². The van der Waals surface area contributed by atoms with Gasteiger partial charge in [-0.1, -0.05) is 30.8 Å². The second kappa shape index (κ2) is 5.92. The van der Waals surface area contributed by atoms with Gasteiger partial charge in [0.25, 0.3) is 5.91 Å². The largest absolute Gasteiger partial charge is 0.389 e. The van der Waals surface area contributed by atoms with Crippen LogP contribution >= 0.6 is 24.0 Å². The molecule has 1 saturated carbocycles. The van der Waals surface area contributed by atoms with E-state index in [-0.39, 0.29) is 10.7 Å². The molecule has 0 spiro atoms. The van der Waals surface area contributed by atoms with E-state index in [0.29, 0.717) is 10.6 Å². The summed E-state index contributed by atoms with van der Waals surface area (Å²) in [7, 11) is 0. The molecule has 19 heavy (non-hydrogen) atoms. The predicted molar refractivity (Wildman–Crippen MR) is 84.8 cm³/mol. The van der Waals surface area contributed by atoms with Crippen LogP contribution in [0.1, 0.15) is 35.2 Å². The first-order chi connectivity index (χ1) is 9.06. The number of amides is 1. The molecule has 1 aromatic carbocycles. The Hall–Kier alpha value is -1.07. The number of carbonyl (C=O) groups excluding carboxylic acids is 1. The van der Waals surface area contributed by atoms with Crippen LogP contribution in [-0.4, -0.2) is 28.4 Å². The number of rotatable bonds is 5. The minimum absolute atomic E-state index is 0.0570. The molecule has 3 nitrogen and oxygen atoms in total. The molecule has 3 N–H and O–H groups in total. The minimum atomic E-state index is -0.0570. The lowest BCUT2D eigenvalue weighted by Gasteiger charge is -2.40. The molecule has 0 aliphatic heterocycles. The molecule has 102 valence electrons. The third kappa shape index (κ3) is 3.28. The Kier molecular flexibility index (Phi) is 4.47. The number of carbonyl (C=O) groups is 1. The van der Waals surface area contributed by atoms with Crippen molar-refractivity contribution in [2.45, 2.75) is 24.0 Å². The van der Waals surface area contributed by atoms with E-state index in [1.807, 2.05) is 17.8 Å². The second-order valence-corrected chi connectivity index (χ2v) is 6.58. The highest BCUT2D eigenvalue weighted by Gasteiger charge is 2.36. The average Bonchev–Trinajstić information content (AvgIpc) is 2.38. The topological polar surface area (TPSA) is 55.1 Å². The van der Waals surface area contributed by atoms with Crippen molar-refractivity contribution in [3.8, 4) is 0 Å². The van der Waals surface area contributed by atoms with Gasteiger partial charge in [0.05, 0.1) is 0 Å². The number of nitrogens with one attached hydrogen (secondary N) is 1. The van der Waals surface area contributed by atoms with Gasteiger partial charge in [0.1, 0.15) is 4.99 Å². The number of thiocarbonyl (C=S) groups is 1. The van der Waals surface area contributed by atoms with Crippen LogP contribution in [0.15, 0.2) is 24.3 Å². The first kappa shape index (κ1) is 14.3. The standard InChI is InChI=1S/C14H18N2OS2/c1-19-14(6-3-7-14)9-16-13(17)11-5-2-4-10(8-11)12(15)18/h2,4-5,8H,3,6-7,9H2,1H3,(H2,15,18)(H,16,17). The average molecular weight is 294 g/mol. The van der Waals surface area contributed by atoms with Gasteiger partial charge in [-0.3, -0.25) is 4.79 Å².